The lowest BCUT2D eigenvalue weighted by Gasteiger charge is -2.42. The predicted molar refractivity (Wildman–Crippen MR) is 78.5 cm³/mol. The second kappa shape index (κ2) is 7.38. The summed E-state index contributed by atoms with van der Waals surface area (Å²) in [6.07, 6.45) is 1.21. The van der Waals surface area contributed by atoms with Crippen molar-refractivity contribution in [2.75, 3.05) is 20.1 Å². The number of rotatable bonds is 7. The molecule has 0 heterocycles. The van der Waals surface area contributed by atoms with Crippen molar-refractivity contribution in [1.29, 1.82) is 0 Å². The van der Waals surface area contributed by atoms with E-state index in [4.69, 9.17) is 0 Å². The van der Waals surface area contributed by atoms with Crippen molar-refractivity contribution in [3.05, 3.63) is 0 Å². The molecule has 0 aliphatic carbocycles. The third-order valence-electron chi connectivity index (χ3n) is 3.94. The quantitative estimate of drug-likeness (QED) is 0.689. The van der Waals surface area contributed by atoms with Gasteiger partial charge in [-0.15, -0.1) is 0 Å². The molecule has 2 unspecified atom stereocenters. The zero-order valence-corrected chi connectivity index (χ0v) is 13.3. The largest absolute Gasteiger partial charge is 0.315 e. The van der Waals surface area contributed by atoms with Crippen molar-refractivity contribution in [3.63, 3.8) is 0 Å². The van der Waals surface area contributed by atoms with Gasteiger partial charge in [-0.2, -0.15) is 0 Å². The Morgan fingerprint density at radius 2 is 1.65 bits per heavy atom. The first-order valence-electron chi connectivity index (χ1n) is 7.14. The van der Waals surface area contributed by atoms with Gasteiger partial charge in [-0.25, -0.2) is 0 Å². The first-order chi connectivity index (χ1) is 7.71. The Hall–Kier alpha value is -0.0800. The fraction of sp³-hybridized carbons (Fsp3) is 1.00. The first kappa shape index (κ1) is 16.9. The summed E-state index contributed by atoms with van der Waals surface area (Å²) in [5.74, 6) is 0.689. The Kier molecular flexibility index (Phi) is 7.34. The summed E-state index contributed by atoms with van der Waals surface area (Å²) in [5.41, 5.74) is 0.340. The number of nitrogens with zero attached hydrogens (tertiary/aromatic N) is 1. The van der Waals surface area contributed by atoms with Crippen molar-refractivity contribution >= 4 is 0 Å². The molecule has 0 fully saturated rings. The van der Waals surface area contributed by atoms with Gasteiger partial charge in [0.25, 0.3) is 0 Å². The molecule has 2 nitrogen and oxygen atoms in total. The van der Waals surface area contributed by atoms with Crippen molar-refractivity contribution in [2.24, 2.45) is 11.3 Å². The lowest BCUT2D eigenvalue weighted by molar-refractivity contribution is 0.0745. The molecule has 2 atom stereocenters. The normalized spacial score (nSPS) is 16.6. The molecule has 17 heavy (non-hydrogen) atoms. The Morgan fingerprint density at radius 1 is 1.12 bits per heavy atom. The second-order valence-corrected chi connectivity index (χ2v) is 6.72. The number of hydrogen-bond acceptors (Lipinski definition) is 2. The predicted octanol–water partition coefficient (Wildman–Crippen LogP) is 3.38. The van der Waals surface area contributed by atoms with Crippen LogP contribution in [0.15, 0.2) is 0 Å². The minimum Gasteiger partial charge on any atom is -0.315 e. The van der Waals surface area contributed by atoms with Crippen LogP contribution in [0.5, 0.6) is 0 Å². The SMILES string of the molecule is CCCNCC(C(C)C)N(C)C(C)C(C)(C)C. The molecular weight excluding hydrogens is 208 g/mol. The molecule has 104 valence electrons. The maximum absolute atomic E-state index is 3.56. The summed E-state index contributed by atoms with van der Waals surface area (Å²) in [6.45, 7) is 18.4. The van der Waals surface area contributed by atoms with Crippen LogP contribution >= 0.6 is 0 Å². The highest BCUT2D eigenvalue weighted by Gasteiger charge is 2.29. The van der Waals surface area contributed by atoms with E-state index in [1.807, 2.05) is 0 Å². The van der Waals surface area contributed by atoms with Gasteiger partial charge in [0.1, 0.15) is 0 Å². The van der Waals surface area contributed by atoms with Gasteiger partial charge in [0.2, 0.25) is 0 Å². The maximum Gasteiger partial charge on any atom is 0.0243 e. The third kappa shape index (κ3) is 5.87. The maximum atomic E-state index is 3.56. The lowest BCUT2D eigenvalue weighted by atomic mass is 9.85. The molecule has 0 aliphatic heterocycles. The van der Waals surface area contributed by atoms with Crippen molar-refractivity contribution in [3.8, 4) is 0 Å². The zero-order chi connectivity index (χ0) is 13.6. The van der Waals surface area contributed by atoms with Gasteiger partial charge in [-0.3, -0.25) is 4.90 Å². The highest BCUT2D eigenvalue weighted by atomic mass is 15.2. The van der Waals surface area contributed by atoms with Crippen molar-refractivity contribution < 1.29 is 0 Å². The molecule has 0 aromatic carbocycles. The van der Waals surface area contributed by atoms with Crippen LogP contribution in [0.1, 0.15) is 54.9 Å². The van der Waals surface area contributed by atoms with Gasteiger partial charge in [-0.1, -0.05) is 41.5 Å². The summed E-state index contributed by atoms with van der Waals surface area (Å²) in [6, 6.07) is 1.22. The van der Waals surface area contributed by atoms with Crippen LogP contribution in [0, 0.1) is 11.3 Å². The molecule has 0 amide bonds. The Bertz CT molecular complexity index is 194. The molecule has 0 saturated carbocycles. The average molecular weight is 242 g/mol. The Labute approximate surface area is 109 Å². The van der Waals surface area contributed by atoms with E-state index in [9.17, 15) is 0 Å². The monoisotopic (exact) mass is 242 g/mol. The molecule has 0 aromatic rings. The van der Waals surface area contributed by atoms with Gasteiger partial charge >= 0.3 is 0 Å². The van der Waals surface area contributed by atoms with Gasteiger partial charge in [0, 0.05) is 18.6 Å². The molecule has 0 aromatic heterocycles. The van der Waals surface area contributed by atoms with Crippen LogP contribution in [-0.4, -0.2) is 37.1 Å². The van der Waals surface area contributed by atoms with Crippen molar-refractivity contribution in [2.45, 2.75) is 67.0 Å². The highest BCUT2D eigenvalue weighted by Crippen LogP contribution is 2.26. The molecule has 0 aliphatic rings. The third-order valence-corrected chi connectivity index (χ3v) is 3.94. The van der Waals surface area contributed by atoms with Crippen LogP contribution in [0.3, 0.4) is 0 Å². The van der Waals surface area contributed by atoms with E-state index in [0.29, 0.717) is 23.4 Å². The fourth-order valence-corrected chi connectivity index (χ4v) is 2.17. The van der Waals surface area contributed by atoms with E-state index in [0.717, 1.165) is 13.1 Å². The number of nitrogens with one attached hydrogen (secondary N) is 1. The van der Waals surface area contributed by atoms with E-state index >= 15 is 0 Å². The summed E-state index contributed by atoms with van der Waals surface area (Å²) in [5, 5.41) is 3.56. The summed E-state index contributed by atoms with van der Waals surface area (Å²) in [7, 11) is 2.27. The highest BCUT2D eigenvalue weighted by molar-refractivity contribution is 4.84. The Balaban J connectivity index is 4.48. The molecule has 1 N–H and O–H groups in total. The van der Waals surface area contributed by atoms with Crippen LogP contribution < -0.4 is 5.32 Å². The van der Waals surface area contributed by atoms with E-state index in [1.165, 1.54) is 6.42 Å². The van der Waals surface area contributed by atoms with Crippen LogP contribution in [0.2, 0.25) is 0 Å². The Morgan fingerprint density at radius 3 is 2.00 bits per heavy atom. The molecule has 2 heteroatoms. The number of hydrogen-bond donors (Lipinski definition) is 1. The smallest absolute Gasteiger partial charge is 0.0243 e. The first-order valence-corrected chi connectivity index (χ1v) is 7.14. The van der Waals surface area contributed by atoms with E-state index in [-0.39, 0.29) is 0 Å². The standard InChI is InChI=1S/C15H34N2/c1-9-10-16-11-14(12(2)3)17(8)13(4)15(5,6)7/h12-14,16H,9-11H2,1-8H3. The molecule has 0 saturated heterocycles. The van der Waals surface area contributed by atoms with Gasteiger partial charge in [-0.05, 0) is 38.3 Å². The van der Waals surface area contributed by atoms with Crippen molar-refractivity contribution in [1.82, 2.24) is 10.2 Å². The van der Waals surface area contributed by atoms with Crippen LogP contribution in [0.25, 0.3) is 0 Å². The molecule has 0 radical (unpaired) electrons. The fourth-order valence-electron chi connectivity index (χ4n) is 2.17. The van der Waals surface area contributed by atoms with E-state index in [2.05, 4.69) is 65.7 Å². The summed E-state index contributed by atoms with van der Waals surface area (Å²) < 4.78 is 0. The molecule has 0 bridgehead atoms. The average Bonchev–Trinajstić information content (AvgIpc) is 2.20. The van der Waals surface area contributed by atoms with E-state index < -0.39 is 0 Å². The van der Waals surface area contributed by atoms with Crippen LogP contribution in [0.4, 0.5) is 0 Å². The summed E-state index contributed by atoms with van der Waals surface area (Å²) >= 11 is 0. The zero-order valence-electron chi connectivity index (χ0n) is 13.3. The number of likely N-dealkylation sites (N-methyl/N-ethyl adjacent to an activating group) is 1. The van der Waals surface area contributed by atoms with Gasteiger partial charge in [0.05, 0.1) is 0 Å². The molecule has 0 rings (SSSR count). The second-order valence-electron chi connectivity index (χ2n) is 6.72. The minimum absolute atomic E-state index is 0.340. The van der Waals surface area contributed by atoms with Crippen LogP contribution in [-0.2, 0) is 0 Å². The van der Waals surface area contributed by atoms with E-state index in [1.54, 1.807) is 0 Å². The molecular formula is C15H34N2. The molecule has 0 spiro atoms. The van der Waals surface area contributed by atoms with Gasteiger partial charge < -0.3 is 5.32 Å². The van der Waals surface area contributed by atoms with Gasteiger partial charge in [0.15, 0.2) is 0 Å². The minimum atomic E-state index is 0.340. The topological polar surface area (TPSA) is 15.3 Å². The summed E-state index contributed by atoms with van der Waals surface area (Å²) in [4.78, 5) is 2.55. The lowest BCUT2D eigenvalue weighted by Crippen LogP contribution is -2.51.